The highest BCUT2D eigenvalue weighted by molar-refractivity contribution is 7.90. The first kappa shape index (κ1) is 12.3. The summed E-state index contributed by atoms with van der Waals surface area (Å²) in [4.78, 5) is 0. The van der Waals surface area contributed by atoms with Crippen LogP contribution in [0.15, 0.2) is 0 Å². The second-order valence-electron chi connectivity index (χ2n) is 4.88. The van der Waals surface area contributed by atoms with Crippen molar-refractivity contribution in [3.05, 3.63) is 0 Å². The quantitative estimate of drug-likeness (QED) is 0.706. The Bertz CT molecular complexity index is 286. The van der Waals surface area contributed by atoms with Gasteiger partial charge in [-0.1, -0.05) is 6.92 Å². The standard InChI is InChI=1S/C10H19ClO2S/c1-10(6-4-9(11)8-10)5-3-7-14(2,12)13/h9H,3-8H2,1-2H3. The van der Waals surface area contributed by atoms with E-state index in [0.29, 0.717) is 11.1 Å². The summed E-state index contributed by atoms with van der Waals surface area (Å²) in [5.74, 6) is 0.315. The Morgan fingerprint density at radius 1 is 1.50 bits per heavy atom. The fraction of sp³-hybridized carbons (Fsp3) is 1.00. The van der Waals surface area contributed by atoms with Crippen LogP contribution in [0.5, 0.6) is 0 Å². The molecule has 0 N–H and O–H groups in total. The fourth-order valence-corrected chi connectivity index (χ4v) is 3.38. The molecule has 0 heterocycles. The third-order valence-electron chi connectivity index (χ3n) is 3.07. The summed E-state index contributed by atoms with van der Waals surface area (Å²) in [6.07, 6.45) is 6.33. The Morgan fingerprint density at radius 3 is 2.57 bits per heavy atom. The van der Waals surface area contributed by atoms with Gasteiger partial charge in [-0.3, -0.25) is 0 Å². The second-order valence-corrected chi connectivity index (χ2v) is 7.76. The number of hydrogen-bond acceptors (Lipinski definition) is 2. The third kappa shape index (κ3) is 4.18. The van der Waals surface area contributed by atoms with E-state index in [-0.39, 0.29) is 5.41 Å². The molecule has 2 atom stereocenters. The van der Waals surface area contributed by atoms with Crippen LogP contribution in [0.2, 0.25) is 0 Å². The molecule has 2 unspecified atom stereocenters. The molecule has 0 aromatic rings. The lowest BCUT2D eigenvalue weighted by atomic mass is 9.84. The summed E-state index contributed by atoms with van der Waals surface area (Å²) in [7, 11) is -2.79. The van der Waals surface area contributed by atoms with Gasteiger partial charge in [0.1, 0.15) is 9.84 Å². The van der Waals surface area contributed by atoms with Crippen LogP contribution in [0.1, 0.15) is 39.0 Å². The van der Waals surface area contributed by atoms with Gasteiger partial charge in [0.2, 0.25) is 0 Å². The van der Waals surface area contributed by atoms with E-state index < -0.39 is 9.84 Å². The zero-order chi connectivity index (χ0) is 10.8. The lowest BCUT2D eigenvalue weighted by Crippen LogP contribution is -2.14. The van der Waals surface area contributed by atoms with Gasteiger partial charge in [0.25, 0.3) is 0 Å². The molecular weight excluding hydrogens is 220 g/mol. The molecule has 1 rings (SSSR count). The van der Waals surface area contributed by atoms with Gasteiger partial charge in [0.05, 0.1) is 0 Å². The smallest absolute Gasteiger partial charge is 0.147 e. The van der Waals surface area contributed by atoms with Crippen LogP contribution in [-0.4, -0.2) is 25.8 Å². The molecule has 4 heteroatoms. The molecular formula is C10H19ClO2S. The van der Waals surface area contributed by atoms with E-state index in [1.807, 2.05) is 0 Å². The molecule has 1 fully saturated rings. The highest BCUT2D eigenvalue weighted by Crippen LogP contribution is 2.43. The molecule has 1 aliphatic rings. The van der Waals surface area contributed by atoms with E-state index in [4.69, 9.17) is 11.6 Å². The number of hydrogen-bond donors (Lipinski definition) is 0. The first-order valence-corrected chi connectivity index (χ1v) is 7.62. The van der Waals surface area contributed by atoms with Crippen LogP contribution in [0, 0.1) is 5.41 Å². The largest absolute Gasteiger partial charge is 0.229 e. The lowest BCUT2D eigenvalue weighted by Gasteiger charge is -2.23. The summed E-state index contributed by atoms with van der Waals surface area (Å²) < 4.78 is 21.9. The molecule has 1 saturated carbocycles. The molecule has 1 aliphatic carbocycles. The molecule has 0 radical (unpaired) electrons. The topological polar surface area (TPSA) is 34.1 Å². The summed E-state index contributed by atoms with van der Waals surface area (Å²) in [6.45, 7) is 2.22. The third-order valence-corrected chi connectivity index (χ3v) is 4.47. The molecule has 14 heavy (non-hydrogen) atoms. The Kier molecular flexibility index (Phi) is 3.87. The predicted molar refractivity (Wildman–Crippen MR) is 60.5 cm³/mol. The average Bonchev–Trinajstić information content (AvgIpc) is 2.28. The highest BCUT2D eigenvalue weighted by Gasteiger charge is 2.33. The van der Waals surface area contributed by atoms with Crippen LogP contribution >= 0.6 is 11.6 Å². The first-order chi connectivity index (χ1) is 6.31. The summed E-state index contributed by atoms with van der Waals surface area (Å²) >= 11 is 6.05. The van der Waals surface area contributed by atoms with Crippen molar-refractivity contribution in [2.75, 3.05) is 12.0 Å². The van der Waals surface area contributed by atoms with Crippen molar-refractivity contribution >= 4 is 21.4 Å². The van der Waals surface area contributed by atoms with E-state index in [9.17, 15) is 8.42 Å². The van der Waals surface area contributed by atoms with Gasteiger partial charge in [-0.15, -0.1) is 11.6 Å². The van der Waals surface area contributed by atoms with Crippen LogP contribution in [0.4, 0.5) is 0 Å². The number of sulfone groups is 1. The second kappa shape index (κ2) is 4.40. The maximum absolute atomic E-state index is 10.9. The monoisotopic (exact) mass is 238 g/mol. The molecule has 0 aliphatic heterocycles. The average molecular weight is 239 g/mol. The molecule has 0 aromatic carbocycles. The van der Waals surface area contributed by atoms with E-state index in [1.54, 1.807) is 0 Å². The Hall–Kier alpha value is 0.240. The van der Waals surface area contributed by atoms with Crippen molar-refractivity contribution in [3.8, 4) is 0 Å². The van der Waals surface area contributed by atoms with Gasteiger partial charge in [0.15, 0.2) is 0 Å². The van der Waals surface area contributed by atoms with Gasteiger partial charge in [-0.25, -0.2) is 8.42 Å². The number of halogens is 1. The van der Waals surface area contributed by atoms with Gasteiger partial charge in [0, 0.05) is 17.4 Å². The lowest BCUT2D eigenvalue weighted by molar-refractivity contribution is 0.306. The SMILES string of the molecule is CC1(CCCS(C)(=O)=O)CCC(Cl)C1. The van der Waals surface area contributed by atoms with E-state index in [2.05, 4.69) is 6.92 Å². The van der Waals surface area contributed by atoms with Gasteiger partial charge < -0.3 is 0 Å². The van der Waals surface area contributed by atoms with Crippen molar-refractivity contribution in [1.29, 1.82) is 0 Å². The highest BCUT2D eigenvalue weighted by atomic mass is 35.5. The molecule has 0 saturated heterocycles. The zero-order valence-electron chi connectivity index (χ0n) is 8.92. The maximum Gasteiger partial charge on any atom is 0.147 e. The molecule has 0 spiro atoms. The van der Waals surface area contributed by atoms with Crippen molar-refractivity contribution in [1.82, 2.24) is 0 Å². The summed E-state index contributed by atoms with van der Waals surface area (Å²) in [5, 5.41) is 0.304. The Balaban J connectivity index is 2.31. The minimum Gasteiger partial charge on any atom is -0.229 e. The molecule has 2 nitrogen and oxygen atoms in total. The summed E-state index contributed by atoms with van der Waals surface area (Å²) in [6, 6.07) is 0. The van der Waals surface area contributed by atoms with Crippen LogP contribution in [0.25, 0.3) is 0 Å². The minimum atomic E-state index is -2.79. The van der Waals surface area contributed by atoms with Crippen molar-refractivity contribution < 1.29 is 8.42 Å². The fourth-order valence-electron chi connectivity index (χ4n) is 2.23. The zero-order valence-corrected chi connectivity index (χ0v) is 10.5. The van der Waals surface area contributed by atoms with Crippen LogP contribution < -0.4 is 0 Å². The van der Waals surface area contributed by atoms with Gasteiger partial charge in [-0.05, 0) is 37.5 Å². The van der Waals surface area contributed by atoms with Crippen molar-refractivity contribution in [2.24, 2.45) is 5.41 Å². The number of rotatable bonds is 4. The van der Waals surface area contributed by atoms with Gasteiger partial charge >= 0.3 is 0 Å². The Labute approximate surface area is 91.9 Å². The van der Waals surface area contributed by atoms with E-state index >= 15 is 0 Å². The van der Waals surface area contributed by atoms with Crippen LogP contribution in [-0.2, 0) is 9.84 Å². The normalized spacial score (nSPS) is 33.5. The summed E-state index contributed by atoms with van der Waals surface area (Å²) in [5.41, 5.74) is 0.289. The van der Waals surface area contributed by atoms with Crippen molar-refractivity contribution in [3.63, 3.8) is 0 Å². The molecule has 0 aromatic heterocycles. The molecule has 0 bridgehead atoms. The van der Waals surface area contributed by atoms with E-state index in [0.717, 1.165) is 32.1 Å². The maximum atomic E-state index is 10.9. The van der Waals surface area contributed by atoms with Crippen LogP contribution in [0.3, 0.4) is 0 Å². The minimum absolute atomic E-state index is 0.289. The molecule has 84 valence electrons. The van der Waals surface area contributed by atoms with Crippen molar-refractivity contribution in [2.45, 2.75) is 44.4 Å². The Morgan fingerprint density at radius 2 is 2.14 bits per heavy atom. The first-order valence-electron chi connectivity index (χ1n) is 5.13. The number of alkyl halides is 1. The van der Waals surface area contributed by atoms with E-state index in [1.165, 1.54) is 6.26 Å². The molecule has 0 amide bonds. The predicted octanol–water partition coefficient (Wildman–Crippen LogP) is 2.61. The van der Waals surface area contributed by atoms with Gasteiger partial charge in [-0.2, -0.15) is 0 Å².